The molecule has 0 atom stereocenters. The van der Waals surface area contributed by atoms with E-state index in [-0.39, 0.29) is 5.91 Å². The first kappa shape index (κ1) is 27.6. The lowest BCUT2D eigenvalue weighted by Gasteiger charge is -2.17. The third-order valence-corrected chi connectivity index (χ3v) is 7.89. The van der Waals surface area contributed by atoms with Crippen LogP contribution in [0, 0.1) is 13.8 Å². The van der Waals surface area contributed by atoms with Crippen LogP contribution in [0.25, 0.3) is 6.08 Å². The van der Waals surface area contributed by atoms with Crippen LogP contribution in [0.2, 0.25) is 10.0 Å². The maximum atomic E-state index is 13.7. The average molecular weight is 620 g/mol. The van der Waals surface area contributed by atoms with Crippen LogP contribution in [0.15, 0.2) is 62.9 Å². The van der Waals surface area contributed by atoms with E-state index in [0.29, 0.717) is 56.2 Å². The number of aryl methyl sites for hydroxylation is 2. The van der Waals surface area contributed by atoms with Crippen molar-refractivity contribution in [2.24, 2.45) is 4.99 Å². The van der Waals surface area contributed by atoms with E-state index in [2.05, 4.69) is 15.9 Å². The van der Waals surface area contributed by atoms with Crippen molar-refractivity contribution in [2.45, 2.75) is 27.7 Å². The lowest BCUT2D eigenvalue weighted by atomic mass is 10.1. The minimum Gasteiger partial charge on any atom is -0.490 e. The third kappa shape index (κ3) is 6.17. The molecule has 9 heteroatoms. The second-order valence-electron chi connectivity index (χ2n) is 8.21. The van der Waals surface area contributed by atoms with E-state index in [1.165, 1.54) is 11.8 Å². The number of halogens is 3. The molecule has 3 aromatic carbocycles. The van der Waals surface area contributed by atoms with Gasteiger partial charge in [-0.15, -0.1) is 0 Å². The van der Waals surface area contributed by atoms with Crippen LogP contribution < -0.4 is 14.4 Å². The van der Waals surface area contributed by atoms with Gasteiger partial charge in [0.15, 0.2) is 16.7 Å². The van der Waals surface area contributed by atoms with Crippen LogP contribution in [0.5, 0.6) is 11.5 Å². The third-order valence-electron chi connectivity index (χ3n) is 5.52. The quantitative estimate of drug-likeness (QED) is 0.248. The Bertz CT molecular complexity index is 1420. The standard InChI is InChI=1S/C28H25BrCl2N2O3S/c1-5-35-24-12-18(11-21(29)26(24)36-6-2)13-25-27(34)33(20-10-8-17(4)23(31)15-20)28(37-25)32-19-9-7-16(3)22(30)14-19/h7-15H,5-6H2,1-4H3/b25-13+,32-28?. The Balaban J connectivity index is 1.80. The van der Waals surface area contributed by atoms with E-state index in [1.54, 1.807) is 17.0 Å². The highest BCUT2D eigenvalue weighted by Gasteiger charge is 2.35. The summed E-state index contributed by atoms with van der Waals surface area (Å²) in [4.78, 5) is 20.6. The van der Waals surface area contributed by atoms with Crippen molar-refractivity contribution < 1.29 is 14.3 Å². The molecular formula is C28H25BrCl2N2O3S. The fourth-order valence-electron chi connectivity index (χ4n) is 3.63. The molecule has 1 aliphatic rings. The number of hydrogen-bond acceptors (Lipinski definition) is 5. The summed E-state index contributed by atoms with van der Waals surface area (Å²) < 4.78 is 12.3. The van der Waals surface area contributed by atoms with Gasteiger partial charge in [0.1, 0.15) is 0 Å². The predicted octanol–water partition coefficient (Wildman–Crippen LogP) is 8.98. The normalized spacial score (nSPS) is 15.6. The van der Waals surface area contributed by atoms with Crippen molar-refractivity contribution in [3.63, 3.8) is 0 Å². The molecule has 0 unspecified atom stereocenters. The van der Waals surface area contributed by atoms with Crippen molar-refractivity contribution in [1.29, 1.82) is 0 Å². The van der Waals surface area contributed by atoms with E-state index in [0.717, 1.165) is 21.2 Å². The second-order valence-corrected chi connectivity index (χ2v) is 10.9. The minimum absolute atomic E-state index is 0.204. The molecule has 1 heterocycles. The molecule has 5 nitrogen and oxygen atoms in total. The number of amidine groups is 1. The number of anilines is 1. The Morgan fingerprint density at radius 3 is 2.30 bits per heavy atom. The van der Waals surface area contributed by atoms with Crippen LogP contribution >= 0.6 is 50.9 Å². The van der Waals surface area contributed by atoms with Crippen molar-refractivity contribution in [3.8, 4) is 11.5 Å². The number of benzene rings is 3. The fourth-order valence-corrected chi connectivity index (χ4v) is 5.55. The monoisotopic (exact) mass is 618 g/mol. The number of carbonyl (C=O) groups is 1. The van der Waals surface area contributed by atoms with E-state index < -0.39 is 0 Å². The molecule has 0 spiro atoms. The van der Waals surface area contributed by atoms with Gasteiger partial charge in [-0.1, -0.05) is 35.3 Å². The van der Waals surface area contributed by atoms with Gasteiger partial charge in [-0.05, 0) is 115 Å². The fraction of sp³-hybridized carbons (Fsp3) is 0.214. The van der Waals surface area contributed by atoms with Crippen molar-refractivity contribution in [1.82, 2.24) is 0 Å². The van der Waals surface area contributed by atoms with Crippen molar-refractivity contribution >= 4 is 79.4 Å². The maximum absolute atomic E-state index is 13.7. The molecule has 1 saturated heterocycles. The number of amides is 1. The Kier molecular flexibility index (Phi) is 8.90. The number of rotatable bonds is 7. The van der Waals surface area contributed by atoms with Gasteiger partial charge in [-0.3, -0.25) is 9.69 Å². The average Bonchev–Trinajstić information content (AvgIpc) is 3.15. The number of nitrogens with zero attached hydrogens (tertiary/aromatic N) is 2. The molecule has 0 aromatic heterocycles. The second kappa shape index (κ2) is 11.9. The number of hydrogen-bond donors (Lipinski definition) is 0. The number of thioether (sulfide) groups is 1. The van der Waals surface area contributed by atoms with Crippen LogP contribution in [-0.2, 0) is 4.79 Å². The molecular weight excluding hydrogens is 595 g/mol. The summed E-state index contributed by atoms with van der Waals surface area (Å²) >= 11 is 17.6. The summed E-state index contributed by atoms with van der Waals surface area (Å²) in [6.45, 7) is 8.67. The molecule has 0 radical (unpaired) electrons. The van der Waals surface area contributed by atoms with Gasteiger partial charge in [-0.25, -0.2) is 4.99 Å². The van der Waals surface area contributed by atoms with Crippen LogP contribution in [0.4, 0.5) is 11.4 Å². The molecule has 0 saturated carbocycles. The number of carbonyl (C=O) groups excluding carboxylic acids is 1. The Hall–Kier alpha value is -2.45. The summed E-state index contributed by atoms with van der Waals surface area (Å²) in [5, 5.41) is 1.69. The van der Waals surface area contributed by atoms with Gasteiger partial charge < -0.3 is 9.47 Å². The topological polar surface area (TPSA) is 51.1 Å². The highest BCUT2D eigenvalue weighted by atomic mass is 79.9. The molecule has 37 heavy (non-hydrogen) atoms. The van der Waals surface area contributed by atoms with Gasteiger partial charge in [-0.2, -0.15) is 0 Å². The summed E-state index contributed by atoms with van der Waals surface area (Å²) in [5.74, 6) is 1.03. The molecule has 0 bridgehead atoms. The zero-order valence-corrected chi connectivity index (χ0v) is 24.7. The smallest absolute Gasteiger partial charge is 0.271 e. The van der Waals surface area contributed by atoms with E-state index in [4.69, 9.17) is 37.7 Å². The number of aliphatic imine (C=N–C) groups is 1. The van der Waals surface area contributed by atoms with Crippen LogP contribution in [-0.4, -0.2) is 24.3 Å². The maximum Gasteiger partial charge on any atom is 0.271 e. The zero-order chi connectivity index (χ0) is 26.7. The van der Waals surface area contributed by atoms with Gasteiger partial charge in [0, 0.05) is 10.0 Å². The number of ether oxygens (including phenoxy) is 2. The molecule has 1 fully saturated rings. The lowest BCUT2D eigenvalue weighted by Crippen LogP contribution is -2.28. The highest BCUT2D eigenvalue weighted by Crippen LogP contribution is 2.41. The first-order chi connectivity index (χ1) is 17.7. The highest BCUT2D eigenvalue weighted by molar-refractivity contribution is 9.10. The summed E-state index contributed by atoms with van der Waals surface area (Å²) in [6, 6.07) is 14.8. The summed E-state index contributed by atoms with van der Waals surface area (Å²) in [7, 11) is 0. The molecule has 1 amide bonds. The summed E-state index contributed by atoms with van der Waals surface area (Å²) in [5.41, 5.74) is 3.95. The predicted molar refractivity (Wildman–Crippen MR) is 159 cm³/mol. The van der Waals surface area contributed by atoms with Gasteiger partial charge in [0.2, 0.25) is 0 Å². The first-order valence-electron chi connectivity index (χ1n) is 11.7. The largest absolute Gasteiger partial charge is 0.490 e. The van der Waals surface area contributed by atoms with Gasteiger partial charge in [0.05, 0.1) is 34.0 Å². The van der Waals surface area contributed by atoms with E-state index in [1.807, 2.05) is 70.2 Å². The van der Waals surface area contributed by atoms with Crippen molar-refractivity contribution in [2.75, 3.05) is 18.1 Å². The van der Waals surface area contributed by atoms with E-state index >= 15 is 0 Å². The van der Waals surface area contributed by atoms with Crippen LogP contribution in [0.1, 0.15) is 30.5 Å². The van der Waals surface area contributed by atoms with Crippen LogP contribution in [0.3, 0.4) is 0 Å². The van der Waals surface area contributed by atoms with Crippen molar-refractivity contribution in [3.05, 3.63) is 84.6 Å². The van der Waals surface area contributed by atoms with Gasteiger partial charge in [0.25, 0.3) is 5.91 Å². The molecule has 1 aliphatic heterocycles. The molecule has 0 aliphatic carbocycles. The molecule has 192 valence electrons. The Labute approximate surface area is 239 Å². The lowest BCUT2D eigenvalue weighted by molar-refractivity contribution is -0.113. The molecule has 0 N–H and O–H groups in total. The SMILES string of the molecule is CCOc1cc(/C=C2/SC(=Nc3ccc(C)c(Cl)c3)N(c3ccc(C)c(Cl)c3)C2=O)cc(Br)c1OCC. The molecule has 3 aromatic rings. The van der Waals surface area contributed by atoms with Gasteiger partial charge >= 0.3 is 0 Å². The Morgan fingerprint density at radius 1 is 0.973 bits per heavy atom. The Morgan fingerprint density at radius 2 is 1.65 bits per heavy atom. The van der Waals surface area contributed by atoms with E-state index in [9.17, 15) is 4.79 Å². The summed E-state index contributed by atoms with van der Waals surface area (Å²) in [6.07, 6.45) is 1.82. The zero-order valence-electron chi connectivity index (χ0n) is 20.8. The first-order valence-corrected chi connectivity index (χ1v) is 14.0. The minimum atomic E-state index is -0.204. The molecule has 4 rings (SSSR count).